The van der Waals surface area contributed by atoms with Crippen LogP contribution in [0.4, 0.5) is 18.0 Å². The molecule has 5 nitrogen and oxygen atoms in total. The Morgan fingerprint density at radius 2 is 2.14 bits per heavy atom. The predicted molar refractivity (Wildman–Crippen MR) is 72.9 cm³/mol. The smallest absolute Gasteiger partial charge is 0.391 e. The lowest BCUT2D eigenvalue weighted by atomic mass is 10.0. The van der Waals surface area contributed by atoms with Crippen molar-refractivity contribution in [1.82, 2.24) is 15.5 Å². The molecule has 1 aliphatic rings. The van der Waals surface area contributed by atoms with Gasteiger partial charge in [-0.1, -0.05) is 20.3 Å². The molecule has 1 saturated heterocycles. The lowest BCUT2D eigenvalue weighted by Crippen LogP contribution is -2.46. The van der Waals surface area contributed by atoms with E-state index in [4.69, 9.17) is 0 Å². The highest BCUT2D eigenvalue weighted by atomic mass is 19.4. The molecule has 0 saturated carbocycles. The summed E-state index contributed by atoms with van der Waals surface area (Å²) in [5, 5.41) is 14.9. The average Bonchev–Trinajstić information content (AvgIpc) is 2.79. The van der Waals surface area contributed by atoms with Crippen molar-refractivity contribution in [3.8, 4) is 0 Å². The van der Waals surface area contributed by atoms with Gasteiger partial charge in [-0.2, -0.15) is 13.2 Å². The monoisotopic (exact) mass is 311 g/mol. The minimum atomic E-state index is -4.21. The van der Waals surface area contributed by atoms with Crippen LogP contribution < -0.4 is 10.6 Å². The third-order valence-electron chi connectivity index (χ3n) is 3.78. The van der Waals surface area contributed by atoms with Gasteiger partial charge in [0.2, 0.25) is 0 Å². The summed E-state index contributed by atoms with van der Waals surface area (Å²) < 4.78 is 36.7. The number of hydrogen-bond acceptors (Lipinski definition) is 3. The molecule has 3 unspecified atom stereocenters. The Balaban J connectivity index is 2.24. The molecule has 3 atom stereocenters. The number of carbonyl (C=O) groups is 1. The zero-order valence-corrected chi connectivity index (χ0v) is 12.4. The maximum absolute atomic E-state index is 12.2. The highest BCUT2D eigenvalue weighted by molar-refractivity contribution is 5.74. The molecule has 0 aromatic rings. The number of amides is 2. The van der Waals surface area contributed by atoms with Gasteiger partial charge in [-0.05, 0) is 12.3 Å². The second-order valence-corrected chi connectivity index (χ2v) is 5.64. The fourth-order valence-electron chi connectivity index (χ4n) is 2.25. The molecular weight excluding hydrogens is 287 g/mol. The molecule has 2 amide bonds. The van der Waals surface area contributed by atoms with E-state index >= 15 is 0 Å². The summed E-state index contributed by atoms with van der Waals surface area (Å²) in [7, 11) is 0. The van der Waals surface area contributed by atoms with Crippen LogP contribution in [0, 0.1) is 5.92 Å². The Labute approximate surface area is 122 Å². The highest BCUT2D eigenvalue weighted by Gasteiger charge is 2.34. The average molecular weight is 311 g/mol. The van der Waals surface area contributed by atoms with Crippen molar-refractivity contribution in [1.29, 1.82) is 0 Å². The third kappa shape index (κ3) is 6.99. The second-order valence-electron chi connectivity index (χ2n) is 5.64. The number of alkyl halides is 3. The van der Waals surface area contributed by atoms with Crippen molar-refractivity contribution >= 4 is 6.03 Å². The molecule has 0 bridgehead atoms. The molecule has 1 heterocycles. The Kier molecular flexibility index (Phi) is 6.73. The number of aliphatic hydroxyl groups is 1. The summed E-state index contributed by atoms with van der Waals surface area (Å²) in [6.45, 7) is 3.54. The molecule has 1 aliphatic heterocycles. The quantitative estimate of drug-likeness (QED) is 0.693. The van der Waals surface area contributed by atoms with Gasteiger partial charge in [0.15, 0.2) is 0 Å². The molecule has 8 heteroatoms. The van der Waals surface area contributed by atoms with Crippen LogP contribution in [0.15, 0.2) is 0 Å². The van der Waals surface area contributed by atoms with E-state index in [1.165, 1.54) is 4.90 Å². The number of urea groups is 1. The van der Waals surface area contributed by atoms with Crippen LogP contribution >= 0.6 is 0 Å². The summed E-state index contributed by atoms with van der Waals surface area (Å²) in [4.78, 5) is 12.9. The van der Waals surface area contributed by atoms with Gasteiger partial charge in [0.05, 0.1) is 12.6 Å². The van der Waals surface area contributed by atoms with Crippen LogP contribution in [0.5, 0.6) is 0 Å². The summed E-state index contributed by atoms with van der Waals surface area (Å²) in [6, 6.07) is -0.732. The van der Waals surface area contributed by atoms with Gasteiger partial charge in [0.25, 0.3) is 0 Å². The highest BCUT2D eigenvalue weighted by Crippen LogP contribution is 2.19. The Bertz CT molecular complexity index is 339. The van der Waals surface area contributed by atoms with Gasteiger partial charge in [0.1, 0.15) is 0 Å². The molecule has 0 aromatic heterocycles. The second kappa shape index (κ2) is 7.84. The molecule has 1 rings (SSSR count). The zero-order chi connectivity index (χ0) is 16.0. The molecule has 0 spiro atoms. The number of halogens is 3. The summed E-state index contributed by atoms with van der Waals surface area (Å²) in [6.07, 6.45) is -3.53. The summed E-state index contributed by atoms with van der Waals surface area (Å²) in [5.41, 5.74) is 0. The number of carbonyl (C=O) groups excluding carboxylic acids is 1. The van der Waals surface area contributed by atoms with Crippen molar-refractivity contribution in [3.05, 3.63) is 0 Å². The first-order chi connectivity index (χ1) is 9.71. The van der Waals surface area contributed by atoms with Gasteiger partial charge in [0, 0.05) is 25.7 Å². The van der Waals surface area contributed by atoms with Crippen LogP contribution in [0.1, 0.15) is 26.7 Å². The first-order valence-corrected chi connectivity index (χ1v) is 7.22. The number of rotatable bonds is 6. The largest absolute Gasteiger partial charge is 0.401 e. The van der Waals surface area contributed by atoms with Gasteiger partial charge in [-0.15, -0.1) is 0 Å². The number of nitrogens with zero attached hydrogens (tertiary/aromatic N) is 1. The van der Waals surface area contributed by atoms with Crippen LogP contribution in [0.25, 0.3) is 0 Å². The molecule has 1 fully saturated rings. The minimum Gasteiger partial charge on any atom is -0.391 e. The summed E-state index contributed by atoms with van der Waals surface area (Å²) >= 11 is 0. The molecule has 124 valence electrons. The first kappa shape index (κ1) is 18.0. The maximum atomic E-state index is 12.2. The SMILES string of the molecule is CCC(C)C(O)CNC(=O)NC1CCN(CC(F)(F)F)C1. The molecular formula is C13H24F3N3O2. The van der Waals surface area contributed by atoms with Crippen LogP contribution in [0.3, 0.4) is 0 Å². The standard InChI is InChI=1S/C13H24F3N3O2/c1-3-9(2)11(20)6-17-12(21)18-10-4-5-19(7-10)8-13(14,15)16/h9-11,20H,3-8H2,1-2H3,(H2,17,18,21). The zero-order valence-electron chi connectivity index (χ0n) is 12.4. The van der Waals surface area contributed by atoms with E-state index in [0.29, 0.717) is 13.0 Å². The Morgan fingerprint density at radius 1 is 1.48 bits per heavy atom. The minimum absolute atomic E-state index is 0.0825. The van der Waals surface area contributed by atoms with Crippen molar-refractivity contribution < 1.29 is 23.1 Å². The van der Waals surface area contributed by atoms with E-state index in [-0.39, 0.29) is 25.0 Å². The lowest BCUT2D eigenvalue weighted by Gasteiger charge is -2.20. The molecule has 0 aromatic carbocycles. The van der Waals surface area contributed by atoms with E-state index in [9.17, 15) is 23.1 Å². The van der Waals surface area contributed by atoms with Gasteiger partial charge in [-0.3, -0.25) is 4.90 Å². The van der Waals surface area contributed by atoms with Gasteiger partial charge < -0.3 is 15.7 Å². The molecule has 0 radical (unpaired) electrons. The number of hydrogen-bond donors (Lipinski definition) is 3. The molecule has 21 heavy (non-hydrogen) atoms. The van der Waals surface area contributed by atoms with Crippen LogP contribution in [-0.4, -0.2) is 60.5 Å². The molecule has 0 aliphatic carbocycles. The van der Waals surface area contributed by atoms with E-state index in [1.54, 1.807) is 0 Å². The van der Waals surface area contributed by atoms with E-state index in [2.05, 4.69) is 10.6 Å². The van der Waals surface area contributed by atoms with E-state index in [1.807, 2.05) is 13.8 Å². The van der Waals surface area contributed by atoms with Crippen LogP contribution in [-0.2, 0) is 0 Å². The maximum Gasteiger partial charge on any atom is 0.401 e. The number of aliphatic hydroxyl groups excluding tert-OH is 1. The lowest BCUT2D eigenvalue weighted by molar-refractivity contribution is -0.143. The van der Waals surface area contributed by atoms with Crippen molar-refractivity contribution in [3.63, 3.8) is 0 Å². The van der Waals surface area contributed by atoms with Crippen molar-refractivity contribution in [2.24, 2.45) is 5.92 Å². The fraction of sp³-hybridized carbons (Fsp3) is 0.923. The van der Waals surface area contributed by atoms with Crippen LogP contribution in [0.2, 0.25) is 0 Å². The number of nitrogens with one attached hydrogen (secondary N) is 2. The molecule has 3 N–H and O–H groups in total. The van der Waals surface area contributed by atoms with Crippen molar-refractivity contribution in [2.45, 2.75) is 45.0 Å². The fourth-order valence-corrected chi connectivity index (χ4v) is 2.25. The van der Waals surface area contributed by atoms with Crippen molar-refractivity contribution in [2.75, 3.05) is 26.2 Å². The first-order valence-electron chi connectivity index (χ1n) is 7.22. The normalized spacial score (nSPS) is 22.9. The number of likely N-dealkylation sites (tertiary alicyclic amines) is 1. The Morgan fingerprint density at radius 3 is 2.71 bits per heavy atom. The van der Waals surface area contributed by atoms with Gasteiger partial charge >= 0.3 is 12.2 Å². The third-order valence-corrected chi connectivity index (χ3v) is 3.78. The Hall–Kier alpha value is -1.02. The predicted octanol–water partition coefficient (Wildman–Crippen LogP) is 1.33. The van der Waals surface area contributed by atoms with Gasteiger partial charge in [-0.25, -0.2) is 4.79 Å². The topological polar surface area (TPSA) is 64.6 Å². The van der Waals surface area contributed by atoms with E-state index < -0.39 is 24.9 Å². The van der Waals surface area contributed by atoms with E-state index in [0.717, 1.165) is 6.42 Å². The summed E-state index contributed by atoms with van der Waals surface area (Å²) in [5.74, 6) is 0.0825.